The van der Waals surface area contributed by atoms with E-state index in [1.807, 2.05) is 0 Å². The molecule has 5 rings (SSSR count). The molecule has 1 fully saturated rings. The lowest BCUT2D eigenvalue weighted by Gasteiger charge is -2.52. The van der Waals surface area contributed by atoms with Gasteiger partial charge in [-0.2, -0.15) is 0 Å². The summed E-state index contributed by atoms with van der Waals surface area (Å²) in [6.45, 7) is 1.43. The summed E-state index contributed by atoms with van der Waals surface area (Å²) < 4.78 is 0. The Bertz CT molecular complexity index is 1570. The number of ketones is 3. The summed E-state index contributed by atoms with van der Waals surface area (Å²) in [5.41, 5.74) is 2.89. The van der Waals surface area contributed by atoms with Gasteiger partial charge in [0.2, 0.25) is 5.78 Å². The van der Waals surface area contributed by atoms with Crippen LogP contribution in [0.1, 0.15) is 28.4 Å². The second kappa shape index (κ2) is 9.12. The fourth-order valence-electron chi connectivity index (χ4n) is 6.41. The van der Waals surface area contributed by atoms with Crippen LogP contribution in [0.15, 0.2) is 53.3 Å². The number of carbonyl (C=O) groups is 4. The summed E-state index contributed by atoms with van der Waals surface area (Å²) in [7, 11) is 2.89. The zero-order valence-electron chi connectivity index (χ0n) is 21.9. The fourth-order valence-corrected chi connectivity index (χ4v) is 6.41. The number of Topliss-reactive ketones (excluding diaryl/α,β-unsaturated/α-hetero) is 3. The van der Waals surface area contributed by atoms with Gasteiger partial charge in [-0.25, -0.2) is 0 Å². The van der Waals surface area contributed by atoms with E-state index in [-0.39, 0.29) is 23.5 Å². The van der Waals surface area contributed by atoms with Gasteiger partial charge >= 0.3 is 0 Å². The first-order chi connectivity index (χ1) is 18.7. The summed E-state index contributed by atoms with van der Waals surface area (Å²) in [5.74, 6) is -8.83. The molecule has 0 heterocycles. The van der Waals surface area contributed by atoms with Gasteiger partial charge in [-0.15, -0.1) is 0 Å². The molecule has 0 spiro atoms. The van der Waals surface area contributed by atoms with Crippen LogP contribution in [-0.2, 0) is 20.8 Å². The first kappa shape index (κ1) is 27.3. The van der Waals surface area contributed by atoms with E-state index in [1.165, 1.54) is 32.0 Å². The number of phenols is 1. The number of nitrogens with zero attached hydrogens (tertiary/aromatic N) is 1. The number of hydrogen-bond donors (Lipinski definition) is 6. The molecule has 0 bridgehead atoms. The van der Waals surface area contributed by atoms with E-state index >= 15 is 0 Å². The van der Waals surface area contributed by atoms with Gasteiger partial charge in [-0.05, 0) is 50.2 Å². The summed E-state index contributed by atoms with van der Waals surface area (Å²) in [4.78, 5) is 52.3. The highest BCUT2D eigenvalue weighted by Gasteiger charge is 2.67. The number of nitrogens with two attached hydrogens (primary N) is 1. The van der Waals surface area contributed by atoms with Crippen molar-refractivity contribution in [3.05, 3.63) is 70.0 Å². The van der Waals surface area contributed by atoms with Crippen molar-refractivity contribution in [1.82, 2.24) is 4.90 Å². The molecule has 0 saturated heterocycles. The average molecular weight is 549 g/mol. The van der Waals surface area contributed by atoms with E-state index in [4.69, 9.17) is 5.73 Å². The van der Waals surface area contributed by atoms with Crippen LogP contribution in [0.3, 0.4) is 0 Å². The topological polar surface area (TPSA) is 199 Å². The van der Waals surface area contributed by atoms with Crippen molar-refractivity contribution in [2.75, 3.05) is 14.1 Å². The minimum Gasteiger partial charge on any atom is -0.508 e. The highest BCUT2D eigenvalue weighted by Crippen LogP contribution is 2.53. The first-order valence-corrected chi connectivity index (χ1v) is 12.5. The number of amides is 1. The normalized spacial score (nSPS) is 27.9. The first-order valence-electron chi connectivity index (χ1n) is 12.5. The van der Waals surface area contributed by atoms with Gasteiger partial charge in [0.05, 0.1) is 23.6 Å². The van der Waals surface area contributed by atoms with Crippen LogP contribution in [0.2, 0.25) is 0 Å². The van der Waals surface area contributed by atoms with E-state index in [2.05, 4.69) is 0 Å². The number of benzene rings is 2. The van der Waals surface area contributed by atoms with Gasteiger partial charge in [0.25, 0.3) is 5.91 Å². The quantitative estimate of drug-likeness (QED) is 0.235. The van der Waals surface area contributed by atoms with Crippen molar-refractivity contribution >= 4 is 29.0 Å². The van der Waals surface area contributed by atoms with Crippen molar-refractivity contribution in [3.8, 4) is 16.9 Å². The second-order valence-electron chi connectivity index (χ2n) is 10.7. The predicted octanol–water partition coefficient (Wildman–Crippen LogP) is 0.804. The van der Waals surface area contributed by atoms with E-state index in [0.717, 1.165) is 0 Å². The van der Waals surface area contributed by atoms with Crippen LogP contribution in [0, 0.1) is 11.8 Å². The monoisotopic (exact) mass is 548 g/mol. The number of primary amides is 1. The van der Waals surface area contributed by atoms with E-state index < -0.39 is 69.7 Å². The Morgan fingerprint density at radius 1 is 1.02 bits per heavy atom. The molecule has 3 aliphatic carbocycles. The molecule has 2 aromatic carbocycles. The lowest BCUT2D eigenvalue weighted by molar-refractivity contribution is -0.168. The van der Waals surface area contributed by atoms with Crippen LogP contribution < -0.4 is 5.73 Å². The number of hydrogen-bond acceptors (Lipinski definition) is 10. The van der Waals surface area contributed by atoms with Crippen molar-refractivity contribution in [1.29, 1.82) is 0 Å². The molecule has 2 aromatic rings. The third kappa shape index (κ3) is 3.55. The summed E-state index contributed by atoms with van der Waals surface area (Å²) in [6.07, 6.45) is -1.76. The number of aromatic hydroxyl groups is 1. The summed E-state index contributed by atoms with van der Waals surface area (Å²) >= 11 is 0. The van der Waals surface area contributed by atoms with Gasteiger partial charge < -0.3 is 31.3 Å². The van der Waals surface area contributed by atoms with Crippen molar-refractivity contribution in [2.45, 2.75) is 31.1 Å². The van der Waals surface area contributed by atoms with Gasteiger partial charge in [0, 0.05) is 17.1 Å². The number of aliphatic hydroxyl groups is 4. The highest BCUT2D eigenvalue weighted by molar-refractivity contribution is 6.24. The summed E-state index contributed by atoms with van der Waals surface area (Å²) in [5, 5.41) is 56.3. The Morgan fingerprint density at radius 3 is 2.20 bits per heavy atom. The number of phenolic OH excluding ortho intramolecular Hbond substituents is 1. The number of carbonyl (C=O) groups excluding carboxylic acids is 4. The molecule has 11 nitrogen and oxygen atoms in total. The number of rotatable bonds is 4. The van der Waals surface area contributed by atoms with E-state index in [1.54, 1.807) is 30.3 Å². The van der Waals surface area contributed by atoms with Gasteiger partial charge in [0.15, 0.2) is 17.2 Å². The van der Waals surface area contributed by atoms with E-state index in [0.29, 0.717) is 22.3 Å². The Morgan fingerprint density at radius 2 is 1.65 bits per heavy atom. The molecule has 0 aliphatic heterocycles. The zero-order chi connectivity index (χ0) is 29.4. The Labute approximate surface area is 228 Å². The predicted molar refractivity (Wildman–Crippen MR) is 141 cm³/mol. The van der Waals surface area contributed by atoms with Crippen LogP contribution >= 0.6 is 0 Å². The Hall–Kier alpha value is -4.32. The molecule has 1 amide bonds. The maximum absolute atomic E-state index is 13.9. The molecule has 3 aliphatic rings. The minimum absolute atomic E-state index is 0.0894. The number of aliphatic hydroxyl groups excluding tert-OH is 3. The summed E-state index contributed by atoms with van der Waals surface area (Å²) in [6, 6.07) is 8.13. The molecular weight excluding hydrogens is 520 g/mol. The van der Waals surface area contributed by atoms with Gasteiger partial charge in [-0.3, -0.25) is 24.1 Å². The zero-order valence-corrected chi connectivity index (χ0v) is 21.9. The molecule has 11 heteroatoms. The number of likely N-dealkylation sites (N-methyl/N-ethyl adjacent to an activating group) is 1. The van der Waals surface area contributed by atoms with Crippen molar-refractivity contribution in [3.63, 3.8) is 0 Å². The fraction of sp³-hybridized carbons (Fsp3) is 0.310. The van der Waals surface area contributed by atoms with Crippen LogP contribution in [0.5, 0.6) is 5.75 Å². The van der Waals surface area contributed by atoms with Crippen LogP contribution in [0.4, 0.5) is 0 Å². The third-order valence-corrected chi connectivity index (χ3v) is 8.29. The standard InChI is InChI=1S/C29H28N2O9/c1-11(32)12-4-6-13(7-5-12)14-8-9-17(33)18-15(14)10-16-19(24(18)35)26(37)29(40)21(23(16)34)22(31(2)3)25(36)20(27(29)38)28(30)39/h4-9,16,21-23,33-35,38,40H,10H2,1-3H3,(H2,30,39)/t16-,21-,22+,23+,29+/m1/s1. The second-order valence-corrected chi connectivity index (χ2v) is 10.7. The Balaban J connectivity index is 1.75. The molecule has 40 heavy (non-hydrogen) atoms. The molecule has 0 unspecified atom stereocenters. The smallest absolute Gasteiger partial charge is 0.255 e. The van der Waals surface area contributed by atoms with Crippen LogP contribution in [-0.4, -0.2) is 85.5 Å². The molecule has 208 valence electrons. The molecule has 5 atom stereocenters. The Kier molecular flexibility index (Phi) is 6.21. The maximum Gasteiger partial charge on any atom is 0.255 e. The SMILES string of the molecule is CC(=O)c1ccc(-c2ccc(O)c3c2C[C@@H]2C(=C3O)C(=O)[C@]3(O)C(O)=C(C(N)=O)C(=O)[C@@H](N(C)C)[C@@H]3[C@H]2O)cc1. The largest absolute Gasteiger partial charge is 0.508 e. The lowest BCUT2D eigenvalue weighted by Crippen LogP contribution is -2.70. The van der Waals surface area contributed by atoms with Crippen molar-refractivity contribution in [2.24, 2.45) is 17.6 Å². The lowest BCUT2D eigenvalue weighted by atomic mass is 9.56. The molecule has 1 saturated carbocycles. The molecular formula is C29H28N2O9. The van der Waals surface area contributed by atoms with Crippen LogP contribution in [0.25, 0.3) is 16.9 Å². The molecule has 7 N–H and O–H groups in total. The third-order valence-electron chi connectivity index (χ3n) is 8.29. The van der Waals surface area contributed by atoms with Gasteiger partial charge in [-0.1, -0.05) is 30.3 Å². The van der Waals surface area contributed by atoms with Crippen molar-refractivity contribution < 1.29 is 44.7 Å². The van der Waals surface area contributed by atoms with E-state index in [9.17, 15) is 44.7 Å². The minimum atomic E-state index is -2.96. The highest BCUT2D eigenvalue weighted by atomic mass is 16.4. The molecule has 0 radical (unpaired) electrons. The van der Waals surface area contributed by atoms with Gasteiger partial charge in [0.1, 0.15) is 22.8 Å². The number of fused-ring (bicyclic) bond motifs is 3. The average Bonchev–Trinajstić information content (AvgIpc) is 2.88. The maximum atomic E-state index is 13.9. The molecule has 0 aromatic heterocycles.